The zero-order valence-electron chi connectivity index (χ0n) is 15.0. The van der Waals surface area contributed by atoms with Crippen LogP contribution in [0.2, 0.25) is 5.02 Å². The van der Waals surface area contributed by atoms with Gasteiger partial charge in [0.05, 0.1) is 29.8 Å². The fraction of sp³-hybridized carbons (Fsp3) is 0.158. The summed E-state index contributed by atoms with van der Waals surface area (Å²) in [4.78, 5) is 16.4. The minimum absolute atomic E-state index is 0.00438. The summed E-state index contributed by atoms with van der Waals surface area (Å²) >= 11 is 7.22. The number of carbonyl (C=O) groups is 1. The number of alkyl halides is 3. The van der Waals surface area contributed by atoms with Gasteiger partial charge in [0, 0.05) is 16.8 Å². The van der Waals surface area contributed by atoms with Gasteiger partial charge in [0.25, 0.3) is 0 Å². The number of aromatic nitrogens is 1. The predicted octanol–water partition coefficient (Wildman–Crippen LogP) is 5.75. The second-order valence-corrected chi connectivity index (χ2v) is 7.19. The number of methoxy groups -OCH3 is 1. The fourth-order valence-corrected chi connectivity index (χ4v) is 3.44. The van der Waals surface area contributed by atoms with E-state index < -0.39 is 11.7 Å². The maximum absolute atomic E-state index is 12.8. The van der Waals surface area contributed by atoms with E-state index in [0.29, 0.717) is 27.3 Å². The molecule has 0 aliphatic rings. The Morgan fingerprint density at radius 1 is 1.21 bits per heavy atom. The zero-order valence-corrected chi connectivity index (χ0v) is 16.6. The van der Waals surface area contributed by atoms with Crippen molar-refractivity contribution in [2.75, 3.05) is 17.7 Å². The molecule has 0 unspecified atom stereocenters. The van der Waals surface area contributed by atoms with Gasteiger partial charge in [0.2, 0.25) is 5.91 Å². The Morgan fingerprint density at radius 3 is 2.69 bits per heavy atom. The fourth-order valence-electron chi connectivity index (χ4n) is 2.46. The molecular formula is C19H15ClF3N3O2S. The number of nitrogens with zero attached hydrogens (tertiary/aromatic N) is 1. The van der Waals surface area contributed by atoms with E-state index in [2.05, 4.69) is 15.6 Å². The molecule has 5 nitrogen and oxygen atoms in total. The topological polar surface area (TPSA) is 63.2 Å². The van der Waals surface area contributed by atoms with Crippen molar-refractivity contribution in [3.05, 3.63) is 64.1 Å². The van der Waals surface area contributed by atoms with Crippen LogP contribution in [0.15, 0.2) is 47.8 Å². The van der Waals surface area contributed by atoms with Gasteiger partial charge in [-0.25, -0.2) is 4.98 Å². The highest BCUT2D eigenvalue weighted by atomic mass is 35.5. The molecule has 3 rings (SSSR count). The maximum Gasteiger partial charge on any atom is 0.416 e. The molecule has 1 heterocycles. The molecule has 0 aliphatic carbocycles. The van der Waals surface area contributed by atoms with Crippen molar-refractivity contribution < 1.29 is 22.7 Å². The van der Waals surface area contributed by atoms with E-state index in [-0.39, 0.29) is 18.0 Å². The van der Waals surface area contributed by atoms with Crippen molar-refractivity contribution in [2.24, 2.45) is 0 Å². The van der Waals surface area contributed by atoms with Crippen LogP contribution < -0.4 is 15.4 Å². The molecule has 2 N–H and O–H groups in total. The number of halogens is 4. The van der Waals surface area contributed by atoms with Crippen LogP contribution in [0.5, 0.6) is 5.75 Å². The van der Waals surface area contributed by atoms with E-state index in [9.17, 15) is 18.0 Å². The van der Waals surface area contributed by atoms with Crippen molar-refractivity contribution in [3.63, 3.8) is 0 Å². The van der Waals surface area contributed by atoms with E-state index in [1.807, 2.05) is 0 Å². The lowest BCUT2D eigenvalue weighted by Crippen LogP contribution is -2.14. The van der Waals surface area contributed by atoms with Crippen LogP contribution >= 0.6 is 22.9 Å². The smallest absolute Gasteiger partial charge is 0.416 e. The number of hydrogen-bond acceptors (Lipinski definition) is 5. The van der Waals surface area contributed by atoms with E-state index in [1.165, 1.54) is 30.6 Å². The first-order chi connectivity index (χ1) is 13.7. The van der Waals surface area contributed by atoms with Crippen molar-refractivity contribution in [1.82, 2.24) is 4.98 Å². The molecule has 1 aromatic heterocycles. The Morgan fingerprint density at radius 2 is 2.00 bits per heavy atom. The summed E-state index contributed by atoms with van der Waals surface area (Å²) in [5, 5.41) is 7.95. The molecule has 0 bridgehead atoms. The van der Waals surface area contributed by atoms with Gasteiger partial charge in [-0.3, -0.25) is 4.79 Å². The number of benzene rings is 2. The third-order valence-corrected chi connectivity index (χ3v) is 4.87. The number of hydrogen-bond donors (Lipinski definition) is 2. The van der Waals surface area contributed by atoms with Crippen LogP contribution in [-0.2, 0) is 17.4 Å². The third kappa shape index (κ3) is 5.61. The summed E-state index contributed by atoms with van der Waals surface area (Å²) in [7, 11) is 1.49. The number of ether oxygens (including phenoxy) is 1. The first kappa shape index (κ1) is 20.9. The van der Waals surface area contributed by atoms with Gasteiger partial charge in [0.1, 0.15) is 5.75 Å². The molecule has 1 amide bonds. The molecule has 0 spiro atoms. The molecule has 0 saturated carbocycles. The van der Waals surface area contributed by atoms with Crippen molar-refractivity contribution in [2.45, 2.75) is 12.6 Å². The second-order valence-electron chi connectivity index (χ2n) is 5.92. The van der Waals surface area contributed by atoms with Crippen LogP contribution in [-0.4, -0.2) is 18.0 Å². The largest absolute Gasteiger partial charge is 0.495 e. The Labute approximate surface area is 173 Å². The number of rotatable bonds is 6. The lowest BCUT2D eigenvalue weighted by Gasteiger charge is -2.09. The first-order valence-corrected chi connectivity index (χ1v) is 9.52. The lowest BCUT2D eigenvalue weighted by molar-refractivity contribution is -0.137. The molecule has 0 radical (unpaired) electrons. The minimum Gasteiger partial charge on any atom is -0.495 e. The summed E-state index contributed by atoms with van der Waals surface area (Å²) in [6.45, 7) is 0. The summed E-state index contributed by atoms with van der Waals surface area (Å²) in [6.07, 6.45) is -4.42. The van der Waals surface area contributed by atoms with Gasteiger partial charge in [-0.2, -0.15) is 13.2 Å². The monoisotopic (exact) mass is 441 g/mol. The zero-order chi connectivity index (χ0) is 21.0. The van der Waals surface area contributed by atoms with Crippen molar-refractivity contribution in [1.29, 1.82) is 0 Å². The predicted molar refractivity (Wildman–Crippen MR) is 107 cm³/mol. The van der Waals surface area contributed by atoms with Crippen LogP contribution in [0, 0.1) is 0 Å². The van der Waals surface area contributed by atoms with Crippen LogP contribution in [0.4, 0.5) is 29.7 Å². The molecule has 0 atom stereocenters. The molecule has 10 heteroatoms. The van der Waals surface area contributed by atoms with E-state index >= 15 is 0 Å². The standard InChI is InChI=1S/C19H15ClF3N3O2S/c1-28-16-6-5-13(8-15(16)20)24-17(27)9-14-10-29-18(26-14)25-12-4-2-3-11(7-12)19(21,22)23/h2-8,10H,9H2,1H3,(H,24,27)(H,25,26). The molecular weight excluding hydrogens is 427 g/mol. The van der Waals surface area contributed by atoms with Crippen molar-refractivity contribution >= 4 is 45.4 Å². The maximum atomic E-state index is 12.8. The minimum atomic E-state index is -4.42. The Bertz CT molecular complexity index is 1020. The van der Waals surface area contributed by atoms with E-state index in [4.69, 9.17) is 16.3 Å². The average Bonchev–Trinajstić information content (AvgIpc) is 3.08. The van der Waals surface area contributed by atoms with Gasteiger partial charge in [-0.15, -0.1) is 11.3 Å². The molecule has 152 valence electrons. The van der Waals surface area contributed by atoms with Crippen molar-refractivity contribution in [3.8, 4) is 5.75 Å². The molecule has 0 fully saturated rings. The van der Waals surface area contributed by atoms with Crippen LogP contribution in [0.1, 0.15) is 11.3 Å². The molecule has 0 aliphatic heterocycles. The van der Waals surface area contributed by atoms with Gasteiger partial charge in [0.15, 0.2) is 5.13 Å². The lowest BCUT2D eigenvalue weighted by atomic mass is 10.2. The Hall–Kier alpha value is -2.78. The summed E-state index contributed by atoms with van der Waals surface area (Å²) < 4.78 is 43.5. The highest BCUT2D eigenvalue weighted by molar-refractivity contribution is 7.13. The van der Waals surface area contributed by atoms with Gasteiger partial charge in [-0.05, 0) is 36.4 Å². The van der Waals surface area contributed by atoms with Gasteiger partial charge < -0.3 is 15.4 Å². The molecule has 2 aromatic carbocycles. The summed E-state index contributed by atoms with van der Waals surface area (Å²) in [6, 6.07) is 9.68. The second kappa shape index (κ2) is 8.71. The SMILES string of the molecule is COc1ccc(NC(=O)Cc2csc(Nc3cccc(C(F)(F)F)c3)n2)cc1Cl. The number of carbonyl (C=O) groups excluding carboxylic acids is 1. The summed E-state index contributed by atoms with van der Waals surface area (Å²) in [5.74, 6) is 0.191. The first-order valence-electron chi connectivity index (χ1n) is 8.26. The van der Waals surface area contributed by atoms with Gasteiger partial charge >= 0.3 is 6.18 Å². The Kier molecular flexibility index (Phi) is 6.29. The average molecular weight is 442 g/mol. The number of nitrogens with one attached hydrogen (secondary N) is 2. The van der Waals surface area contributed by atoms with E-state index in [1.54, 1.807) is 23.6 Å². The van der Waals surface area contributed by atoms with Gasteiger partial charge in [-0.1, -0.05) is 17.7 Å². The highest BCUT2D eigenvalue weighted by Gasteiger charge is 2.30. The van der Waals surface area contributed by atoms with Crippen LogP contribution in [0.3, 0.4) is 0 Å². The normalized spacial score (nSPS) is 11.2. The summed E-state index contributed by atoms with van der Waals surface area (Å²) in [5.41, 5.74) is 0.509. The molecule has 3 aromatic rings. The number of thiazole rings is 1. The van der Waals surface area contributed by atoms with Crippen LogP contribution in [0.25, 0.3) is 0 Å². The molecule has 29 heavy (non-hydrogen) atoms. The number of anilines is 3. The Balaban J connectivity index is 1.61. The number of amides is 1. The van der Waals surface area contributed by atoms with E-state index in [0.717, 1.165) is 12.1 Å². The molecule has 0 saturated heterocycles. The third-order valence-electron chi connectivity index (χ3n) is 3.77. The highest BCUT2D eigenvalue weighted by Crippen LogP contribution is 2.32. The quantitative estimate of drug-likeness (QED) is 0.511.